The van der Waals surface area contributed by atoms with Crippen molar-refractivity contribution in [2.45, 2.75) is 18.4 Å². The molecule has 0 atom stereocenters. The average Bonchev–Trinajstić information content (AvgIpc) is 2.67. The molecule has 0 aliphatic rings. The van der Waals surface area contributed by atoms with Gasteiger partial charge in [-0.1, -0.05) is 23.2 Å². The van der Waals surface area contributed by atoms with Gasteiger partial charge in [-0.25, -0.2) is 8.42 Å². The van der Waals surface area contributed by atoms with Crippen LogP contribution in [0.2, 0.25) is 10.0 Å². The Kier molecular flexibility index (Phi) is 4.72. The second-order valence-corrected chi connectivity index (χ2v) is 7.69. The van der Waals surface area contributed by atoms with Gasteiger partial charge in [0.1, 0.15) is 17.3 Å². The summed E-state index contributed by atoms with van der Waals surface area (Å²) in [5.74, 6) is 0.268. The van der Waals surface area contributed by atoms with E-state index in [0.717, 1.165) is 17.5 Å². The maximum Gasteiger partial charge on any atom is 0.262 e. The average molecular weight is 370 g/mol. The zero-order chi connectivity index (χ0) is 15.8. The smallest absolute Gasteiger partial charge is 0.262 e. The second-order valence-electron chi connectivity index (χ2n) is 4.34. The highest BCUT2D eigenvalue weighted by Gasteiger charge is 2.18. The molecule has 2 aromatic rings. The van der Waals surface area contributed by atoms with Crippen molar-refractivity contribution in [2.75, 3.05) is 0 Å². The first kappa shape index (κ1) is 16.4. The standard InChI is InChI=1S/C12H11Cl3N2O3S/c1-7-3-8(17(2)16-7)6-20-11-4-10(14)12(5-9(11)13)21(15,18)19/h3-5H,6H2,1-2H3. The predicted molar refractivity (Wildman–Crippen MR) is 81.8 cm³/mol. The third-order valence-electron chi connectivity index (χ3n) is 2.72. The summed E-state index contributed by atoms with van der Waals surface area (Å²) >= 11 is 11.9. The van der Waals surface area contributed by atoms with Crippen LogP contribution in [0.1, 0.15) is 11.4 Å². The van der Waals surface area contributed by atoms with E-state index in [4.69, 9.17) is 38.6 Å². The van der Waals surface area contributed by atoms with Crippen molar-refractivity contribution in [1.29, 1.82) is 0 Å². The first-order chi connectivity index (χ1) is 9.68. The zero-order valence-corrected chi connectivity index (χ0v) is 14.2. The van der Waals surface area contributed by atoms with E-state index in [0.29, 0.717) is 0 Å². The molecule has 2 rings (SSSR count). The molecule has 0 spiro atoms. The summed E-state index contributed by atoms with van der Waals surface area (Å²) < 4.78 is 29.9. The maximum atomic E-state index is 11.3. The number of aryl methyl sites for hydroxylation is 2. The van der Waals surface area contributed by atoms with Gasteiger partial charge in [0.05, 0.1) is 21.4 Å². The lowest BCUT2D eigenvalue weighted by Gasteiger charge is -2.10. The lowest BCUT2D eigenvalue weighted by Crippen LogP contribution is -2.03. The molecule has 0 amide bonds. The molecule has 21 heavy (non-hydrogen) atoms. The highest BCUT2D eigenvalue weighted by Crippen LogP contribution is 2.35. The Balaban J connectivity index is 2.26. The van der Waals surface area contributed by atoms with Crippen molar-refractivity contribution < 1.29 is 13.2 Å². The van der Waals surface area contributed by atoms with Crippen LogP contribution >= 0.6 is 33.9 Å². The van der Waals surface area contributed by atoms with E-state index >= 15 is 0 Å². The van der Waals surface area contributed by atoms with Gasteiger partial charge < -0.3 is 4.74 Å². The summed E-state index contributed by atoms with van der Waals surface area (Å²) in [5, 5.41) is 4.25. The number of aromatic nitrogens is 2. The van der Waals surface area contributed by atoms with Crippen LogP contribution in [-0.4, -0.2) is 18.2 Å². The van der Waals surface area contributed by atoms with E-state index in [9.17, 15) is 8.42 Å². The molecule has 0 radical (unpaired) electrons. The van der Waals surface area contributed by atoms with Gasteiger partial charge in [-0.05, 0) is 19.1 Å². The highest BCUT2D eigenvalue weighted by molar-refractivity contribution is 8.13. The SMILES string of the molecule is Cc1cc(COc2cc(Cl)c(S(=O)(=O)Cl)cc2Cl)n(C)n1. The van der Waals surface area contributed by atoms with Gasteiger partial charge >= 0.3 is 0 Å². The highest BCUT2D eigenvalue weighted by atomic mass is 35.7. The Morgan fingerprint density at radius 3 is 2.43 bits per heavy atom. The molecule has 0 saturated heterocycles. The van der Waals surface area contributed by atoms with Crippen molar-refractivity contribution >= 4 is 42.9 Å². The largest absolute Gasteiger partial charge is 0.486 e. The molecule has 9 heteroatoms. The van der Waals surface area contributed by atoms with E-state index in [-0.39, 0.29) is 27.3 Å². The summed E-state index contributed by atoms with van der Waals surface area (Å²) in [6, 6.07) is 4.35. The van der Waals surface area contributed by atoms with Gasteiger partial charge in [0.2, 0.25) is 0 Å². The van der Waals surface area contributed by atoms with E-state index in [1.807, 2.05) is 13.0 Å². The van der Waals surface area contributed by atoms with Gasteiger partial charge in [-0.3, -0.25) is 4.68 Å². The second kappa shape index (κ2) is 6.04. The lowest BCUT2D eigenvalue weighted by molar-refractivity contribution is 0.295. The quantitative estimate of drug-likeness (QED) is 0.773. The van der Waals surface area contributed by atoms with Gasteiger partial charge in [-0.2, -0.15) is 5.10 Å². The van der Waals surface area contributed by atoms with Crippen LogP contribution in [0.5, 0.6) is 5.75 Å². The number of hydrogen-bond donors (Lipinski definition) is 0. The number of hydrogen-bond acceptors (Lipinski definition) is 4. The fourth-order valence-corrected chi connectivity index (χ4v) is 3.55. The Labute approximate surface area is 136 Å². The summed E-state index contributed by atoms with van der Waals surface area (Å²) in [6.45, 7) is 2.09. The molecule has 0 aliphatic carbocycles. The van der Waals surface area contributed by atoms with Gasteiger partial charge in [0.15, 0.2) is 0 Å². The maximum absolute atomic E-state index is 11.3. The van der Waals surface area contributed by atoms with Crippen molar-refractivity contribution in [3.05, 3.63) is 39.6 Å². The third-order valence-corrected chi connectivity index (χ3v) is 4.81. The van der Waals surface area contributed by atoms with Gasteiger partial charge in [-0.15, -0.1) is 0 Å². The number of halogens is 3. The summed E-state index contributed by atoms with van der Waals surface area (Å²) in [6.07, 6.45) is 0. The van der Waals surface area contributed by atoms with Crippen LogP contribution < -0.4 is 4.74 Å². The lowest BCUT2D eigenvalue weighted by atomic mass is 10.3. The topological polar surface area (TPSA) is 61.2 Å². The number of benzene rings is 1. The minimum absolute atomic E-state index is 0.0504. The van der Waals surface area contributed by atoms with E-state index in [1.54, 1.807) is 11.7 Å². The predicted octanol–water partition coefficient (Wildman–Crippen LogP) is 3.54. The summed E-state index contributed by atoms with van der Waals surface area (Å²) in [4.78, 5) is -0.250. The molecule has 5 nitrogen and oxygen atoms in total. The number of ether oxygens (including phenoxy) is 1. The van der Waals surface area contributed by atoms with Crippen LogP contribution in [0.4, 0.5) is 0 Å². The summed E-state index contributed by atoms with van der Waals surface area (Å²) in [7, 11) is 3.10. The molecule has 0 saturated carbocycles. The molecule has 0 unspecified atom stereocenters. The minimum atomic E-state index is -3.96. The Hall–Kier alpha value is -0.950. The van der Waals surface area contributed by atoms with Crippen LogP contribution in [-0.2, 0) is 22.7 Å². The molecule has 1 heterocycles. The molecule has 1 aromatic carbocycles. The Morgan fingerprint density at radius 2 is 1.90 bits per heavy atom. The fourth-order valence-electron chi connectivity index (χ4n) is 1.76. The van der Waals surface area contributed by atoms with Crippen molar-refractivity contribution in [1.82, 2.24) is 9.78 Å². The minimum Gasteiger partial charge on any atom is -0.486 e. The van der Waals surface area contributed by atoms with Crippen LogP contribution in [0.25, 0.3) is 0 Å². The van der Waals surface area contributed by atoms with Crippen molar-refractivity contribution in [3.63, 3.8) is 0 Å². The molecule has 0 N–H and O–H groups in total. The Bertz CT molecular complexity index is 787. The fraction of sp³-hybridized carbons (Fsp3) is 0.250. The van der Waals surface area contributed by atoms with E-state index < -0.39 is 9.05 Å². The Morgan fingerprint density at radius 1 is 1.24 bits per heavy atom. The van der Waals surface area contributed by atoms with Crippen LogP contribution in [0.15, 0.2) is 23.1 Å². The molecule has 0 bridgehead atoms. The molecular weight excluding hydrogens is 359 g/mol. The molecule has 0 fully saturated rings. The van der Waals surface area contributed by atoms with Crippen molar-refractivity contribution in [3.8, 4) is 5.75 Å². The molecule has 0 aliphatic heterocycles. The van der Waals surface area contributed by atoms with Crippen molar-refractivity contribution in [2.24, 2.45) is 7.05 Å². The van der Waals surface area contributed by atoms with Crippen LogP contribution in [0, 0.1) is 6.92 Å². The number of nitrogens with zero attached hydrogens (tertiary/aromatic N) is 2. The normalized spacial score (nSPS) is 11.7. The van der Waals surface area contributed by atoms with Gasteiger partial charge in [0, 0.05) is 23.8 Å². The van der Waals surface area contributed by atoms with E-state index in [2.05, 4.69) is 5.10 Å². The molecular formula is C12H11Cl3N2O3S. The van der Waals surface area contributed by atoms with E-state index in [1.165, 1.54) is 6.07 Å². The molecule has 114 valence electrons. The number of rotatable bonds is 4. The zero-order valence-electron chi connectivity index (χ0n) is 11.1. The monoisotopic (exact) mass is 368 g/mol. The van der Waals surface area contributed by atoms with Gasteiger partial charge in [0.25, 0.3) is 9.05 Å². The first-order valence-corrected chi connectivity index (χ1v) is 8.81. The third kappa shape index (κ3) is 3.83. The summed E-state index contributed by atoms with van der Waals surface area (Å²) in [5.41, 5.74) is 1.71. The molecule has 1 aromatic heterocycles. The first-order valence-electron chi connectivity index (χ1n) is 5.74. The van der Waals surface area contributed by atoms with Crippen LogP contribution in [0.3, 0.4) is 0 Å².